The molecule has 3 atom stereocenters. The highest BCUT2D eigenvalue weighted by molar-refractivity contribution is 7.92. The van der Waals surface area contributed by atoms with Crippen LogP contribution < -0.4 is 5.32 Å². The maximum atomic E-state index is 12.9. The van der Waals surface area contributed by atoms with Gasteiger partial charge in [0.25, 0.3) is 0 Å². The zero-order valence-corrected chi connectivity index (χ0v) is 14.3. The van der Waals surface area contributed by atoms with E-state index in [1.807, 2.05) is 26.0 Å². The van der Waals surface area contributed by atoms with E-state index in [1.54, 1.807) is 12.1 Å². The van der Waals surface area contributed by atoms with E-state index in [2.05, 4.69) is 5.32 Å². The quantitative estimate of drug-likeness (QED) is 0.842. The SMILES string of the molecule is Cc1ccc(S(=O)(=O)[C@@H]2CCCC[C@H]2NC[C@@H](C)CO)cc1. The van der Waals surface area contributed by atoms with Gasteiger partial charge < -0.3 is 10.4 Å². The van der Waals surface area contributed by atoms with Gasteiger partial charge in [-0.3, -0.25) is 0 Å². The Hall–Kier alpha value is -0.910. The number of aliphatic hydroxyl groups excluding tert-OH is 1. The van der Waals surface area contributed by atoms with E-state index in [1.165, 1.54) is 0 Å². The van der Waals surface area contributed by atoms with E-state index < -0.39 is 9.84 Å². The van der Waals surface area contributed by atoms with Crippen molar-refractivity contribution in [1.29, 1.82) is 0 Å². The van der Waals surface area contributed by atoms with Gasteiger partial charge in [-0.25, -0.2) is 8.42 Å². The van der Waals surface area contributed by atoms with Crippen LogP contribution in [0, 0.1) is 12.8 Å². The Labute approximate surface area is 133 Å². The van der Waals surface area contributed by atoms with Crippen molar-refractivity contribution in [3.63, 3.8) is 0 Å². The summed E-state index contributed by atoms with van der Waals surface area (Å²) in [6.45, 7) is 4.69. The van der Waals surface area contributed by atoms with Gasteiger partial charge in [-0.05, 0) is 37.8 Å². The Bertz CT molecular complexity index is 568. The van der Waals surface area contributed by atoms with Crippen molar-refractivity contribution in [1.82, 2.24) is 5.32 Å². The number of aryl methyl sites for hydroxylation is 1. The summed E-state index contributed by atoms with van der Waals surface area (Å²) in [6, 6.07) is 7.12. The van der Waals surface area contributed by atoms with E-state index in [0.717, 1.165) is 24.8 Å². The van der Waals surface area contributed by atoms with E-state index in [-0.39, 0.29) is 23.8 Å². The van der Waals surface area contributed by atoms with Crippen molar-refractivity contribution in [2.75, 3.05) is 13.2 Å². The molecule has 0 amide bonds. The predicted octanol–water partition coefficient (Wildman–Crippen LogP) is 2.30. The predicted molar refractivity (Wildman–Crippen MR) is 88.7 cm³/mol. The van der Waals surface area contributed by atoms with Crippen molar-refractivity contribution in [2.45, 2.75) is 55.7 Å². The summed E-state index contributed by atoms with van der Waals surface area (Å²) in [4.78, 5) is 0.423. The van der Waals surface area contributed by atoms with Gasteiger partial charge in [0.2, 0.25) is 0 Å². The monoisotopic (exact) mass is 325 g/mol. The Morgan fingerprint density at radius 3 is 2.50 bits per heavy atom. The minimum absolute atomic E-state index is 0.0194. The Morgan fingerprint density at radius 1 is 1.23 bits per heavy atom. The second kappa shape index (κ2) is 7.57. The molecule has 124 valence electrons. The highest BCUT2D eigenvalue weighted by atomic mass is 32.2. The maximum Gasteiger partial charge on any atom is 0.182 e. The topological polar surface area (TPSA) is 66.4 Å². The molecule has 22 heavy (non-hydrogen) atoms. The molecule has 4 nitrogen and oxygen atoms in total. The number of hydrogen-bond donors (Lipinski definition) is 2. The first-order chi connectivity index (χ1) is 10.4. The van der Waals surface area contributed by atoms with Crippen LogP contribution in [0.2, 0.25) is 0 Å². The first-order valence-electron chi connectivity index (χ1n) is 8.10. The lowest BCUT2D eigenvalue weighted by Gasteiger charge is -2.32. The number of aliphatic hydroxyl groups is 1. The van der Waals surface area contributed by atoms with Crippen molar-refractivity contribution in [2.24, 2.45) is 5.92 Å². The number of hydrogen-bond acceptors (Lipinski definition) is 4. The molecule has 1 fully saturated rings. The molecule has 2 N–H and O–H groups in total. The maximum absolute atomic E-state index is 12.9. The molecule has 1 aromatic rings. The van der Waals surface area contributed by atoms with Crippen molar-refractivity contribution < 1.29 is 13.5 Å². The molecule has 5 heteroatoms. The molecule has 0 spiro atoms. The minimum atomic E-state index is -3.31. The molecule has 0 aliphatic heterocycles. The molecule has 0 aromatic heterocycles. The first-order valence-corrected chi connectivity index (χ1v) is 9.64. The van der Waals surface area contributed by atoms with Crippen LogP contribution in [0.1, 0.15) is 38.2 Å². The fourth-order valence-corrected chi connectivity index (χ4v) is 5.03. The van der Waals surface area contributed by atoms with Crippen LogP contribution in [0.4, 0.5) is 0 Å². The van der Waals surface area contributed by atoms with Crippen molar-refractivity contribution >= 4 is 9.84 Å². The Kier molecular flexibility index (Phi) is 6.01. The minimum Gasteiger partial charge on any atom is -0.396 e. The third kappa shape index (κ3) is 4.09. The number of rotatable bonds is 6. The van der Waals surface area contributed by atoms with E-state index in [9.17, 15) is 8.42 Å². The highest BCUT2D eigenvalue weighted by Gasteiger charge is 2.36. The van der Waals surface area contributed by atoms with Crippen molar-refractivity contribution in [3.8, 4) is 0 Å². The second-order valence-electron chi connectivity index (χ2n) is 6.48. The van der Waals surface area contributed by atoms with Gasteiger partial charge in [0.1, 0.15) is 0 Å². The third-order valence-electron chi connectivity index (χ3n) is 4.49. The summed E-state index contributed by atoms with van der Waals surface area (Å²) >= 11 is 0. The zero-order chi connectivity index (χ0) is 16.2. The summed E-state index contributed by atoms with van der Waals surface area (Å²) in [5.74, 6) is 0.143. The molecule has 1 aromatic carbocycles. The zero-order valence-electron chi connectivity index (χ0n) is 13.5. The van der Waals surface area contributed by atoms with Gasteiger partial charge in [-0.2, -0.15) is 0 Å². The molecule has 0 heterocycles. The summed E-state index contributed by atoms with van der Waals surface area (Å²) in [5, 5.41) is 12.1. The lowest BCUT2D eigenvalue weighted by atomic mass is 9.94. The Morgan fingerprint density at radius 2 is 1.86 bits per heavy atom. The summed E-state index contributed by atoms with van der Waals surface area (Å²) < 4.78 is 25.9. The second-order valence-corrected chi connectivity index (χ2v) is 8.65. The Balaban J connectivity index is 2.16. The van der Waals surface area contributed by atoms with Gasteiger partial charge in [0, 0.05) is 19.2 Å². The van der Waals surface area contributed by atoms with Crippen LogP contribution in [0.3, 0.4) is 0 Å². The molecule has 0 unspecified atom stereocenters. The van der Waals surface area contributed by atoms with E-state index in [0.29, 0.717) is 17.9 Å². The summed E-state index contributed by atoms with van der Waals surface area (Å²) in [6.07, 6.45) is 3.61. The molecular formula is C17H27NO3S. The molecule has 0 bridgehead atoms. The normalized spacial score (nSPS) is 24.1. The van der Waals surface area contributed by atoms with Gasteiger partial charge in [0.05, 0.1) is 10.1 Å². The summed E-state index contributed by atoms with van der Waals surface area (Å²) in [5.41, 5.74) is 1.06. The third-order valence-corrected chi connectivity index (χ3v) is 6.78. The molecule has 1 aliphatic carbocycles. The molecule has 0 radical (unpaired) electrons. The standard InChI is InChI=1S/C17H27NO3S/c1-13-7-9-15(10-8-13)22(20,21)17-6-4-3-5-16(17)18-11-14(2)12-19/h7-10,14,16-19H,3-6,11-12H2,1-2H3/t14-,16-,17-/m1/s1. The number of nitrogens with one attached hydrogen (secondary N) is 1. The van der Waals surface area contributed by atoms with Crippen molar-refractivity contribution in [3.05, 3.63) is 29.8 Å². The fraction of sp³-hybridized carbons (Fsp3) is 0.647. The molecule has 2 rings (SSSR count). The number of sulfone groups is 1. The molecule has 0 saturated heterocycles. The van der Waals surface area contributed by atoms with Gasteiger partial charge in [-0.1, -0.05) is 37.5 Å². The van der Waals surface area contributed by atoms with Crippen LogP contribution in [0.5, 0.6) is 0 Å². The number of benzene rings is 1. The molecule has 1 saturated carbocycles. The van der Waals surface area contributed by atoms with Gasteiger partial charge in [-0.15, -0.1) is 0 Å². The average molecular weight is 325 g/mol. The molecule has 1 aliphatic rings. The van der Waals surface area contributed by atoms with E-state index >= 15 is 0 Å². The first kappa shape index (κ1) is 17.4. The van der Waals surface area contributed by atoms with E-state index in [4.69, 9.17) is 5.11 Å². The highest BCUT2D eigenvalue weighted by Crippen LogP contribution is 2.29. The largest absolute Gasteiger partial charge is 0.396 e. The van der Waals surface area contributed by atoms with Crippen LogP contribution >= 0.6 is 0 Å². The van der Waals surface area contributed by atoms with Crippen LogP contribution in [-0.2, 0) is 9.84 Å². The van der Waals surface area contributed by atoms with Gasteiger partial charge >= 0.3 is 0 Å². The van der Waals surface area contributed by atoms with Gasteiger partial charge in [0.15, 0.2) is 9.84 Å². The average Bonchev–Trinajstić information content (AvgIpc) is 2.53. The lowest BCUT2D eigenvalue weighted by molar-refractivity contribution is 0.225. The van der Waals surface area contributed by atoms with Crippen LogP contribution in [-0.4, -0.2) is 38.0 Å². The summed E-state index contributed by atoms with van der Waals surface area (Å²) in [7, 11) is -3.31. The van der Waals surface area contributed by atoms with Crippen LogP contribution in [0.25, 0.3) is 0 Å². The fourth-order valence-electron chi connectivity index (χ4n) is 3.02. The molecular weight excluding hydrogens is 298 g/mol. The smallest absolute Gasteiger partial charge is 0.182 e. The van der Waals surface area contributed by atoms with Crippen LogP contribution in [0.15, 0.2) is 29.2 Å². The lowest BCUT2D eigenvalue weighted by Crippen LogP contribution is -2.47.